The molecule has 0 aromatic heterocycles. The quantitative estimate of drug-likeness (QED) is 0.675. The maximum absolute atomic E-state index is 13.6. The van der Waals surface area contributed by atoms with Crippen molar-refractivity contribution in [2.75, 3.05) is 5.32 Å². The highest BCUT2D eigenvalue weighted by molar-refractivity contribution is 6.31. The first-order valence-corrected chi connectivity index (χ1v) is 6.28. The molecule has 6 heteroatoms. The predicted molar refractivity (Wildman–Crippen MR) is 76.6 cm³/mol. The van der Waals surface area contributed by atoms with E-state index in [1.165, 1.54) is 18.2 Å². The van der Waals surface area contributed by atoms with Crippen LogP contribution < -0.4 is 5.32 Å². The van der Waals surface area contributed by atoms with Crippen LogP contribution in [0.1, 0.15) is 11.1 Å². The van der Waals surface area contributed by atoms with Gasteiger partial charge in [-0.05, 0) is 30.7 Å². The first-order valence-electron chi connectivity index (χ1n) is 5.91. The Kier molecular flexibility index (Phi) is 4.20. The number of hydrogen-bond donors (Lipinski definition) is 1. The Morgan fingerprint density at radius 1 is 1.35 bits per heavy atom. The zero-order valence-corrected chi connectivity index (χ0v) is 11.4. The van der Waals surface area contributed by atoms with Gasteiger partial charge in [-0.2, -0.15) is 0 Å². The van der Waals surface area contributed by atoms with E-state index >= 15 is 0 Å². The minimum atomic E-state index is -0.481. The molecule has 2 aromatic rings. The van der Waals surface area contributed by atoms with Crippen molar-refractivity contribution >= 4 is 23.0 Å². The first kappa shape index (κ1) is 14.3. The van der Waals surface area contributed by atoms with Gasteiger partial charge in [-0.1, -0.05) is 23.7 Å². The topological polar surface area (TPSA) is 55.2 Å². The number of hydrogen-bond acceptors (Lipinski definition) is 3. The summed E-state index contributed by atoms with van der Waals surface area (Å²) in [5, 5.41) is 14.1. The van der Waals surface area contributed by atoms with Crippen molar-refractivity contribution in [3.8, 4) is 0 Å². The summed E-state index contributed by atoms with van der Waals surface area (Å²) in [7, 11) is 0. The molecular weight excluding hydrogens is 283 g/mol. The molecular formula is C14H12ClFN2O2. The third kappa shape index (κ3) is 3.05. The van der Waals surface area contributed by atoms with Gasteiger partial charge in [-0.15, -0.1) is 0 Å². The van der Waals surface area contributed by atoms with Gasteiger partial charge in [-0.25, -0.2) is 4.39 Å². The van der Waals surface area contributed by atoms with Crippen LogP contribution in [0, 0.1) is 22.9 Å². The molecule has 0 fully saturated rings. The third-order valence-electron chi connectivity index (χ3n) is 2.87. The molecule has 20 heavy (non-hydrogen) atoms. The Balaban J connectivity index is 2.27. The van der Waals surface area contributed by atoms with Gasteiger partial charge in [0.15, 0.2) is 0 Å². The summed E-state index contributed by atoms with van der Waals surface area (Å²) < 4.78 is 13.6. The normalized spacial score (nSPS) is 10.3. The van der Waals surface area contributed by atoms with Gasteiger partial charge in [-0.3, -0.25) is 10.1 Å². The van der Waals surface area contributed by atoms with Crippen molar-refractivity contribution in [2.24, 2.45) is 0 Å². The van der Waals surface area contributed by atoms with Crippen LogP contribution in [-0.2, 0) is 6.54 Å². The lowest BCUT2D eigenvalue weighted by Gasteiger charge is -2.10. The zero-order valence-electron chi connectivity index (χ0n) is 10.7. The van der Waals surface area contributed by atoms with E-state index in [4.69, 9.17) is 11.6 Å². The Hall–Kier alpha value is -2.14. The van der Waals surface area contributed by atoms with Crippen molar-refractivity contribution in [3.05, 3.63) is 68.5 Å². The number of nitro benzene ring substituents is 1. The predicted octanol–water partition coefficient (Wildman–Crippen LogP) is 4.31. The number of rotatable bonds is 4. The Labute approximate surface area is 120 Å². The van der Waals surface area contributed by atoms with Gasteiger partial charge in [0.05, 0.1) is 4.92 Å². The molecule has 1 N–H and O–H groups in total. The minimum Gasteiger partial charge on any atom is -0.375 e. The molecule has 4 nitrogen and oxygen atoms in total. The average molecular weight is 295 g/mol. The maximum atomic E-state index is 13.6. The fraction of sp³-hybridized carbons (Fsp3) is 0.143. The molecule has 0 aliphatic carbocycles. The summed E-state index contributed by atoms with van der Waals surface area (Å²) >= 11 is 5.92. The molecule has 0 bridgehead atoms. The first-order chi connectivity index (χ1) is 9.49. The number of benzene rings is 2. The van der Waals surface area contributed by atoms with Crippen LogP contribution in [0.3, 0.4) is 0 Å². The third-order valence-corrected chi connectivity index (χ3v) is 3.22. The molecule has 104 valence electrons. The van der Waals surface area contributed by atoms with Crippen LogP contribution in [0.2, 0.25) is 5.02 Å². The highest BCUT2D eigenvalue weighted by Gasteiger charge is 2.14. The number of anilines is 1. The van der Waals surface area contributed by atoms with Gasteiger partial charge in [0, 0.05) is 23.2 Å². The molecule has 0 aliphatic heterocycles. The summed E-state index contributed by atoms with van der Waals surface area (Å²) in [4.78, 5) is 10.5. The van der Waals surface area contributed by atoms with Crippen LogP contribution in [0.4, 0.5) is 15.8 Å². The number of nitrogens with zero attached hydrogens (tertiary/aromatic N) is 1. The molecule has 0 unspecified atom stereocenters. The summed E-state index contributed by atoms with van der Waals surface area (Å²) in [6.45, 7) is 1.90. The van der Waals surface area contributed by atoms with Crippen molar-refractivity contribution in [2.45, 2.75) is 13.5 Å². The average Bonchev–Trinajstić information content (AvgIpc) is 2.37. The second kappa shape index (κ2) is 5.88. The lowest BCUT2D eigenvalue weighted by Crippen LogP contribution is -2.05. The molecule has 2 rings (SSSR count). The van der Waals surface area contributed by atoms with Gasteiger partial charge < -0.3 is 5.32 Å². The molecule has 0 radical (unpaired) electrons. The molecule has 0 saturated heterocycles. The molecule has 0 aliphatic rings. The van der Waals surface area contributed by atoms with Gasteiger partial charge in [0.25, 0.3) is 5.69 Å². The van der Waals surface area contributed by atoms with Crippen molar-refractivity contribution in [1.29, 1.82) is 0 Å². The number of aryl methyl sites for hydroxylation is 1. The van der Waals surface area contributed by atoms with E-state index in [0.717, 1.165) is 5.56 Å². The van der Waals surface area contributed by atoms with E-state index < -0.39 is 10.7 Å². The molecule has 0 atom stereocenters. The molecule has 0 amide bonds. The fourth-order valence-corrected chi connectivity index (χ4v) is 2.07. The smallest absolute Gasteiger partial charge is 0.292 e. The van der Waals surface area contributed by atoms with E-state index in [2.05, 4.69) is 5.32 Å². The van der Waals surface area contributed by atoms with Crippen molar-refractivity contribution < 1.29 is 9.31 Å². The summed E-state index contributed by atoms with van der Waals surface area (Å²) in [5.41, 5.74) is 1.44. The Morgan fingerprint density at radius 2 is 2.10 bits per heavy atom. The van der Waals surface area contributed by atoms with E-state index in [9.17, 15) is 14.5 Å². The lowest BCUT2D eigenvalue weighted by atomic mass is 10.1. The number of nitro groups is 1. The fourth-order valence-electron chi connectivity index (χ4n) is 1.84. The van der Waals surface area contributed by atoms with E-state index in [-0.39, 0.29) is 22.8 Å². The SMILES string of the molecule is Cc1ccc([N+](=O)[O-])c(NCc2c(F)cccc2Cl)c1. The van der Waals surface area contributed by atoms with E-state index in [1.807, 2.05) is 6.92 Å². The highest BCUT2D eigenvalue weighted by Crippen LogP contribution is 2.27. The summed E-state index contributed by atoms with van der Waals surface area (Å²) in [6, 6.07) is 9.10. The van der Waals surface area contributed by atoms with Crippen LogP contribution >= 0.6 is 11.6 Å². The Morgan fingerprint density at radius 3 is 2.75 bits per heavy atom. The van der Waals surface area contributed by atoms with Crippen LogP contribution in [-0.4, -0.2) is 4.92 Å². The molecule has 0 saturated carbocycles. The second-order valence-electron chi connectivity index (χ2n) is 4.33. The van der Waals surface area contributed by atoms with Gasteiger partial charge in [0.2, 0.25) is 0 Å². The monoisotopic (exact) mass is 294 g/mol. The molecule has 0 heterocycles. The van der Waals surface area contributed by atoms with Gasteiger partial charge in [0.1, 0.15) is 11.5 Å². The second-order valence-corrected chi connectivity index (χ2v) is 4.74. The van der Waals surface area contributed by atoms with E-state index in [1.54, 1.807) is 18.2 Å². The van der Waals surface area contributed by atoms with Gasteiger partial charge >= 0.3 is 0 Å². The molecule has 0 spiro atoms. The standard InChI is InChI=1S/C14H12ClFN2O2/c1-9-5-6-14(18(19)20)13(7-9)17-8-10-11(15)3-2-4-12(10)16/h2-7,17H,8H2,1H3. The molecule has 2 aromatic carbocycles. The van der Waals surface area contributed by atoms with Crippen LogP contribution in [0.25, 0.3) is 0 Å². The minimum absolute atomic E-state index is 0.0527. The maximum Gasteiger partial charge on any atom is 0.292 e. The Bertz CT molecular complexity index is 641. The zero-order chi connectivity index (χ0) is 14.7. The van der Waals surface area contributed by atoms with Crippen LogP contribution in [0.5, 0.6) is 0 Å². The van der Waals surface area contributed by atoms with Crippen LogP contribution in [0.15, 0.2) is 36.4 Å². The number of halogens is 2. The van der Waals surface area contributed by atoms with E-state index in [0.29, 0.717) is 5.69 Å². The number of nitrogens with one attached hydrogen (secondary N) is 1. The van der Waals surface area contributed by atoms with Crippen molar-refractivity contribution in [3.63, 3.8) is 0 Å². The largest absolute Gasteiger partial charge is 0.375 e. The lowest BCUT2D eigenvalue weighted by molar-refractivity contribution is -0.384. The summed E-state index contributed by atoms with van der Waals surface area (Å²) in [5.74, 6) is -0.444. The summed E-state index contributed by atoms with van der Waals surface area (Å²) in [6.07, 6.45) is 0. The van der Waals surface area contributed by atoms with Crippen molar-refractivity contribution in [1.82, 2.24) is 0 Å². The highest BCUT2D eigenvalue weighted by atomic mass is 35.5.